The number of aryl methyl sites for hydroxylation is 1. The molecule has 7 heteroatoms. The molecule has 0 aliphatic carbocycles. The van der Waals surface area contributed by atoms with Crippen molar-refractivity contribution in [3.8, 4) is 17.0 Å². The standard InChI is InChI=1S/C17H17N5OS/c1-23-15-5-3-2-4-13(15)14-6-7-16(21-20-14)18-10-12-11-22-8-9-24-17(22)19-12/h2-7,11H,8-10H2,1H3,(H,18,21). The number of nitrogens with one attached hydrogen (secondary N) is 1. The molecule has 1 aromatic carbocycles. The van der Waals surface area contributed by atoms with E-state index in [0.717, 1.165) is 46.0 Å². The molecule has 6 nitrogen and oxygen atoms in total. The van der Waals surface area contributed by atoms with Gasteiger partial charge in [0.15, 0.2) is 5.16 Å². The summed E-state index contributed by atoms with van der Waals surface area (Å²) in [5.41, 5.74) is 2.74. The summed E-state index contributed by atoms with van der Waals surface area (Å²) in [5.74, 6) is 2.64. The smallest absolute Gasteiger partial charge is 0.168 e. The lowest BCUT2D eigenvalue weighted by Gasteiger charge is -2.08. The van der Waals surface area contributed by atoms with Crippen molar-refractivity contribution in [1.82, 2.24) is 19.7 Å². The molecule has 1 aliphatic rings. The van der Waals surface area contributed by atoms with Crippen molar-refractivity contribution >= 4 is 17.6 Å². The topological polar surface area (TPSA) is 64.9 Å². The number of hydrogen-bond acceptors (Lipinski definition) is 6. The molecule has 122 valence electrons. The van der Waals surface area contributed by atoms with E-state index in [9.17, 15) is 0 Å². The average molecular weight is 339 g/mol. The van der Waals surface area contributed by atoms with Crippen LogP contribution >= 0.6 is 11.8 Å². The van der Waals surface area contributed by atoms with Crippen LogP contribution in [0.15, 0.2) is 47.8 Å². The second kappa shape index (κ2) is 6.52. The summed E-state index contributed by atoms with van der Waals surface area (Å²) in [4.78, 5) is 4.59. The van der Waals surface area contributed by atoms with Gasteiger partial charge in [-0.15, -0.1) is 10.2 Å². The van der Waals surface area contributed by atoms with E-state index < -0.39 is 0 Å². The molecule has 0 bridgehead atoms. The summed E-state index contributed by atoms with van der Waals surface area (Å²) in [6.07, 6.45) is 2.10. The largest absolute Gasteiger partial charge is 0.496 e. The van der Waals surface area contributed by atoms with Crippen molar-refractivity contribution < 1.29 is 4.74 Å². The first-order valence-electron chi connectivity index (χ1n) is 7.73. The monoisotopic (exact) mass is 339 g/mol. The van der Waals surface area contributed by atoms with E-state index in [1.807, 2.05) is 36.4 Å². The van der Waals surface area contributed by atoms with Crippen LogP contribution in [-0.2, 0) is 13.1 Å². The van der Waals surface area contributed by atoms with Gasteiger partial charge in [-0.1, -0.05) is 23.9 Å². The van der Waals surface area contributed by atoms with E-state index in [0.29, 0.717) is 6.54 Å². The van der Waals surface area contributed by atoms with Crippen LogP contribution in [0.1, 0.15) is 5.69 Å². The van der Waals surface area contributed by atoms with Gasteiger partial charge in [-0.3, -0.25) is 0 Å². The van der Waals surface area contributed by atoms with E-state index >= 15 is 0 Å². The number of rotatable bonds is 5. The van der Waals surface area contributed by atoms with Crippen LogP contribution in [0.2, 0.25) is 0 Å². The Morgan fingerprint density at radius 2 is 2.12 bits per heavy atom. The summed E-state index contributed by atoms with van der Waals surface area (Å²) in [7, 11) is 1.66. The Labute approximate surface area is 144 Å². The Morgan fingerprint density at radius 3 is 2.92 bits per heavy atom. The number of hydrogen-bond donors (Lipinski definition) is 1. The molecule has 2 aromatic heterocycles. The molecule has 0 unspecified atom stereocenters. The molecule has 0 amide bonds. The molecule has 0 fully saturated rings. The first-order valence-corrected chi connectivity index (χ1v) is 8.72. The van der Waals surface area contributed by atoms with Crippen LogP contribution < -0.4 is 10.1 Å². The molecule has 4 rings (SSSR count). The maximum Gasteiger partial charge on any atom is 0.168 e. The highest BCUT2D eigenvalue weighted by atomic mass is 32.2. The first kappa shape index (κ1) is 15.0. The molecular formula is C17H17N5OS. The second-order valence-corrected chi connectivity index (χ2v) is 6.48. The Hall–Kier alpha value is -2.54. The highest BCUT2D eigenvalue weighted by Gasteiger charge is 2.14. The van der Waals surface area contributed by atoms with Gasteiger partial charge >= 0.3 is 0 Å². The Morgan fingerprint density at radius 1 is 1.21 bits per heavy atom. The number of para-hydroxylation sites is 1. The number of fused-ring (bicyclic) bond motifs is 1. The number of anilines is 1. The Bertz CT molecular complexity index is 825. The van der Waals surface area contributed by atoms with Gasteiger partial charge in [0.25, 0.3) is 0 Å². The third-order valence-corrected chi connectivity index (χ3v) is 4.82. The number of ether oxygens (including phenoxy) is 1. The summed E-state index contributed by atoms with van der Waals surface area (Å²) in [6, 6.07) is 11.6. The van der Waals surface area contributed by atoms with Gasteiger partial charge in [-0.25, -0.2) is 4.98 Å². The normalized spacial score (nSPS) is 12.9. The third-order valence-electron chi connectivity index (χ3n) is 3.85. The van der Waals surface area contributed by atoms with Gasteiger partial charge in [0.1, 0.15) is 11.6 Å². The molecule has 1 N–H and O–H groups in total. The molecule has 3 aromatic rings. The van der Waals surface area contributed by atoms with Crippen LogP contribution in [0.5, 0.6) is 5.75 Å². The maximum absolute atomic E-state index is 5.37. The number of imidazole rings is 1. The molecule has 0 saturated carbocycles. The summed E-state index contributed by atoms with van der Waals surface area (Å²) >= 11 is 1.80. The number of methoxy groups -OCH3 is 1. The quantitative estimate of drug-likeness (QED) is 0.771. The SMILES string of the molecule is COc1ccccc1-c1ccc(NCc2cn3c(n2)SCC3)nn1. The van der Waals surface area contributed by atoms with Gasteiger partial charge in [-0.05, 0) is 24.3 Å². The fourth-order valence-electron chi connectivity index (χ4n) is 2.65. The van der Waals surface area contributed by atoms with Crippen molar-refractivity contribution in [2.75, 3.05) is 18.2 Å². The van der Waals surface area contributed by atoms with Crippen molar-refractivity contribution in [2.45, 2.75) is 18.2 Å². The summed E-state index contributed by atoms with van der Waals surface area (Å²) < 4.78 is 7.56. The maximum atomic E-state index is 5.37. The molecule has 0 spiro atoms. The van der Waals surface area contributed by atoms with Crippen LogP contribution in [-0.4, -0.2) is 32.6 Å². The summed E-state index contributed by atoms with van der Waals surface area (Å²) in [5, 5.41) is 12.9. The van der Waals surface area contributed by atoms with E-state index in [1.54, 1.807) is 18.9 Å². The minimum absolute atomic E-state index is 0.642. The van der Waals surface area contributed by atoms with E-state index in [1.165, 1.54) is 0 Å². The van der Waals surface area contributed by atoms with Crippen molar-refractivity contribution in [3.05, 3.63) is 48.3 Å². The van der Waals surface area contributed by atoms with E-state index in [-0.39, 0.29) is 0 Å². The van der Waals surface area contributed by atoms with Crippen molar-refractivity contribution in [1.29, 1.82) is 0 Å². The van der Waals surface area contributed by atoms with Gasteiger partial charge in [-0.2, -0.15) is 0 Å². The minimum Gasteiger partial charge on any atom is -0.496 e. The molecule has 3 heterocycles. The Kier molecular flexibility index (Phi) is 4.08. The van der Waals surface area contributed by atoms with Crippen molar-refractivity contribution in [3.63, 3.8) is 0 Å². The van der Waals surface area contributed by atoms with Crippen LogP contribution in [0.25, 0.3) is 11.3 Å². The zero-order chi connectivity index (χ0) is 16.4. The zero-order valence-electron chi connectivity index (χ0n) is 13.3. The summed E-state index contributed by atoms with van der Waals surface area (Å²) in [6.45, 7) is 1.68. The number of aromatic nitrogens is 4. The predicted molar refractivity (Wildman–Crippen MR) is 94.3 cm³/mol. The second-order valence-electron chi connectivity index (χ2n) is 5.41. The van der Waals surface area contributed by atoms with Gasteiger partial charge < -0.3 is 14.6 Å². The van der Waals surface area contributed by atoms with Crippen LogP contribution in [0.3, 0.4) is 0 Å². The minimum atomic E-state index is 0.642. The predicted octanol–water partition coefficient (Wildman–Crippen LogP) is 3.07. The average Bonchev–Trinajstić information content (AvgIpc) is 3.22. The van der Waals surface area contributed by atoms with Crippen LogP contribution in [0, 0.1) is 0 Å². The Balaban J connectivity index is 1.45. The first-order chi connectivity index (χ1) is 11.8. The molecule has 0 saturated heterocycles. The lowest BCUT2D eigenvalue weighted by molar-refractivity contribution is 0.416. The zero-order valence-corrected chi connectivity index (χ0v) is 14.1. The fraction of sp³-hybridized carbons (Fsp3) is 0.235. The lowest BCUT2D eigenvalue weighted by Crippen LogP contribution is -2.03. The number of benzene rings is 1. The van der Waals surface area contributed by atoms with E-state index in [4.69, 9.17) is 4.74 Å². The van der Waals surface area contributed by atoms with Gasteiger partial charge in [0, 0.05) is 24.1 Å². The third kappa shape index (κ3) is 2.94. The highest BCUT2D eigenvalue weighted by Crippen LogP contribution is 2.28. The van der Waals surface area contributed by atoms with Crippen LogP contribution in [0.4, 0.5) is 5.82 Å². The lowest BCUT2D eigenvalue weighted by atomic mass is 10.1. The highest BCUT2D eigenvalue weighted by molar-refractivity contribution is 7.99. The molecular weight excluding hydrogens is 322 g/mol. The molecule has 0 radical (unpaired) electrons. The molecule has 1 aliphatic heterocycles. The fourth-order valence-corrected chi connectivity index (χ4v) is 3.62. The molecule has 0 atom stereocenters. The number of nitrogens with zero attached hydrogens (tertiary/aromatic N) is 4. The van der Waals surface area contributed by atoms with Crippen molar-refractivity contribution in [2.24, 2.45) is 0 Å². The van der Waals surface area contributed by atoms with E-state index in [2.05, 4.69) is 31.3 Å². The number of thioether (sulfide) groups is 1. The van der Waals surface area contributed by atoms with Gasteiger partial charge in [0.2, 0.25) is 0 Å². The molecule has 24 heavy (non-hydrogen) atoms. The van der Waals surface area contributed by atoms with Gasteiger partial charge in [0.05, 0.1) is 25.0 Å².